The van der Waals surface area contributed by atoms with E-state index in [9.17, 15) is 26.9 Å². The van der Waals surface area contributed by atoms with Gasteiger partial charge in [0, 0.05) is 13.8 Å². The number of halogens is 4. The maximum Gasteiger partial charge on any atom is 0.510 e. The van der Waals surface area contributed by atoms with Crippen molar-refractivity contribution >= 4 is 30.5 Å². The van der Waals surface area contributed by atoms with Crippen molar-refractivity contribution in [1.82, 2.24) is 0 Å². The molecule has 1 aliphatic heterocycles. The molecule has 0 spiro atoms. The van der Waals surface area contributed by atoms with Crippen LogP contribution in [0.2, 0.25) is 0 Å². The highest BCUT2D eigenvalue weighted by Gasteiger charge is 2.39. The van der Waals surface area contributed by atoms with Crippen molar-refractivity contribution in [1.29, 1.82) is 0 Å². The van der Waals surface area contributed by atoms with Crippen LogP contribution in [-0.4, -0.2) is 24.7 Å². The van der Waals surface area contributed by atoms with E-state index in [2.05, 4.69) is 0 Å². The van der Waals surface area contributed by atoms with Crippen LogP contribution in [-0.2, 0) is 19.1 Å². The van der Waals surface area contributed by atoms with Crippen molar-refractivity contribution in [2.24, 2.45) is 0 Å². The molecular formula is C13H10BF4O4-. The molecule has 0 atom stereocenters. The zero-order valence-electron chi connectivity index (χ0n) is 11.5. The molecule has 118 valence electrons. The van der Waals surface area contributed by atoms with Crippen molar-refractivity contribution in [2.75, 3.05) is 0 Å². The molecule has 1 aromatic rings. The summed E-state index contributed by atoms with van der Waals surface area (Å²) in [4.78, 5) is 23.4. The second-order valence-corrected chi connectivity index (χ2v) is 5.05. The zero-order valence-corrected chi connectivity index (χ0v) is 11.5. The van der Waals surface area contributed by atoms with E-state index in [-0.39, 0.29) is 0 Å². The minimum absolute atomic E-state index is 0.500. The Bertz CT molecular complexity index is 657. The van der Waals surface area contributed by atoms with Gasteiger partial charge < -0.3 is 22.4 Å². The van der Waals surface area contributed by atoms with Gasteiger partial charge in [-0.25, -0.2) is 14.0 Å². The number of carbonyl (C=O) groups excluding carboxylic acids is 2. The third kappa shape index (κ3) is 3.13. The minimum Gasteiger partial charge on any atom is -0.445 e. The largest absolute Gasteiger partial charge is 0.510 e. The predicted molar refractivity (Wildman–Crippen MR) is 69.4 cm³/mol. The molecule has 22 heavy (non-hydrogen) atoms. The van der Waals surface area contributed by atoms with E-state index in [1.165, 1.54) is 13.8 Å². The quantitative estimate of drug-likeness (QED) is 0.276. The van der Waals surface area contributed by atoms with Gasteiger partial charge in [-0.05, 0) is 17.7 Å². The highest BCUT2D eigenvalue weighted by atomic mass is 19.4. The molecule has 0 amide bonds. The van der Waals surface area contributed by atoms with Gasteiger partial charge in [-0.2, -0.15) is 0 Å². The summed E-state index contributed by atoms with van der Waals surface area (Å²) in [6.07, 6.45) is 0.500. The molecule has 0 saturated carbocycles. The molecule has 1 heterocycles. The fourth-order valence-corrected chi connectivity index (χ4v) is 1.91. The van der Waals surface area contributed by atoms with Crippen molar-refractivity contribution in [3.63, 3.8) is 0 Å². The monoisotopic (exact) mass is 317 g/mol. The number of benzene rings is 1. The Morgan fingerprint density at radius 2 is 1.64 bits per heavy atom. The molecule has 1 aliphatic rings. The zero-order chi connectivity index (χ0) is 16.7. The SMILES string of the molecule is CC1(C)OC(=O)C(=Cc2c(F)cccc2[B-](F)(F)F)C(=O)O1. The first-order valence-electron chi connectivity index (χ1n) is 6.18. The minimum atomic E-state index is -5.53. The van der Waals surface area contributed by atoms with Gasteiger partial charge in [-0.3, -0.25) is 0 Å². The lowest BCUT2D eigenvalue weighted by atomic mass is 9.76. The number of hydrogen-bond donors (Lipinski definition) is 0. The Morgan fingerprint density at radius 3 is 2.14 bits per heavy atom. The van der Waals surface area contributed by atoms with Gasteiger partial charge in [0.05, 0.1) is 0 Å². The fourth-order valence-electron chi connectivity index (χ4n) is 1.91. The van der Waals surface area contributed by atoms with E-state index in [4.69, 9.17) is 9.47 Å². The molecule has 1 fully saturated rings. The summed E-state index contributed by atoms with van der Waals surface area (Å²) in [5.41, 5.74) is -2.96. The van der Waals surface area contributed by atoms with E-state index in [0.29, 0.717) is 12.1 Å². The van der Waals surface area contributed by atoms with Crippen LogP contribution in [0.5, 0.6) is 0 Å². The van der Waals surface area contributed by atoms with E-state index < -0.39 is 47.1 Å². The Balaban J connectivity index is 2.55. The number of ether oxygens (including phenoxy) is 2. The number of hydrogen-bond acceptors (Lipinski definition) is 4. The maximum atomic E-state index is 13.7. The molecule has 1 aromatic carbocycles. The summed E-state index contributed by atoms with van der Waals surface area (Å²) in [5.74, 6) is -5.10. The summed E-state index contributed by atoms with van der Waals surface area (Å²) in [6.45, 7) is -2.96. The third-order valence-electron chi connectivity index (χ3n) is 2.84. The summed E-state index contributed by atoms with van der Waals surface area (Å²) in [7, 11) is 0. The molecular weight excluding hydrogens is 307 g/mol. The standard InChI is InChI=1S/C13H10BF4O4/c1-13(2)21-11(19)8(12(20)22-13)6-7-9(14(16,17)18)4-3-5-10(7)15/h3-6H,1-2H3/q-1. The molecule has 2 rings (SSSR count). The first-order chi connectivity index (χ1) is 10.0. The summed E-state index contributed by atoms with van der Waals surface area (Å²) in [5, 5.41) is 0. The second kappa shape index (κ2) is 5.15. The van der Waals surface area contributed by atoms with Crippen molar-refractivity contribution in [3.8, 4) is 0 Å². The van der Waals surface area contributed by atoms with Crippen LogP contribution < -0.4 is 5.46 Å². The van der Waals surface area contributed by atoms with Crippen LogP contribution in [0.3, 0.4) is 0 Å². The number of esters is 2. The molecule has 0 aromatic heterocycles. The molecule has 0 radical (unpaired) electrons. The Labute approximate surface area is 122 Å². The molecule has 1 saturated heterocycles. The van der Waals surface area contributed by atoms with Gasteiger partial charge in [0.1, 0.15) is 11.4 Å². The van der Waals surface area contributed by atoms with Crippen LogP contribution in [0.25, 0.3) is 6.08 Å². The van der Waals surface area contributed by atoms with Crippen LogP contribution in [0.1, 0.15) is 19.4 Å². The fraction of sp³-hybridized carbons (Fsp3) is 0.231. The van der Waals surface area contributed by atoms with Gasteiger partial charge in [-0.15, -0.1) is 0 Å². The Kier molecular flexibility index (Phi) is 3.76. The molecule has 0 unspecified atom stereocenters. The average molecular weight is 317 g/mol. The lowest BCUT2D eigenvalue weighted by Crippen LogP contribution is -2.42. The van der Waals surface area contributed by atoms with Crippen molar-refractivity contribution in [3.05, 3.63) is 35.2 Å². The first-order valence-corrected chi connectivity index (χ1v) is 6.18. The van der Waals surface area contributed by atoms with Gasteiger partial charge in [0.25, 0.3) is 5.79 Å². The summed E-state index contributed by atoms with van der Waals surface area (Å²) in [6, 6.07) is 2.35. The van der Waals surface area contributed by atoms with E-state index in [0.717, 1.165) is 12.1 Å². The van der Waals surface area contributed by atoms with Gasteiger partial charge in [0.2, 0.25) is 0 Å². The van der Waals surface area contributed by atoms with Crippen LogP contribution in [0.4, 0.5) is 17.3 Å². The van der Waals surface area contributed by atoms with Crippen molar-refractivity contribution in [2.45, 2.75) is 19.6 Å². The molecule has 9 heteroatoms. The topological polar surface area (TPSA) is 52.6 Å². The van der Waals surface area contributed by atoms with Crippen LogP contribution in [0.15, 0.2) is 23.8 Å². The summed E-state index contributed by atoms with van der Waals surface area (Å²) < 4.78 is 62.0. The molecule has 4 nitrogen and oxygen atoms in total. The normalized spacial score (nSPS) is 17.8. The smallest absolute Gasteiger partial charge is 0.445 e. The number of rotatable bonds is 2. The van der Waals surface area contributed by atoms with Gasteiger partial charge >= 0.3 is 18.9 Å². The molecule has 0 bridgehead atoms. The predicted octanol–water partition coefficient (Wildman–Crippen LogP) is 2.10. The van der Waals surface area contributed by atoms with Crippen LogP contribution >= 0.6 is 0 Å². The third-order valence-corrected chi connectivity index (χ3v) is 2.84. The van der Waals surface area contributed by atoms with Crippen LogP contribution in [0, 0.1) is 5.82 Å². The van der Waals surface area contributed by atoms with Gasteiger partial charge in [0.15, 0.2) is 0 Å². The highest BCUT2D eigenvalue weighted by Crippen LogP contribution is 2.25. The lowest BCUT2D eigenvalue weighted by molar-refractivity contribution is -0.222. The van der Waals surface area contributed by atoms with E-state index in [1.807, 2.05) is 0 Å². The number of carbonyl (C=O) groups is 2. The van der Waals surface area contributed by atoms with Gasteiger partial charge in [-0.1, -0.05) is 17.6 Å². The van der Waals surface area contributed by atoms with E-state index >= 15 is 0 Å². The second-order valence-electron chi connectivity index (χ2n) is 5.05. The van der Waals surface area contributed by atoms with Crippen molar-refractivity contribution < 1.29 is 36.4 Å². The Hall–Kier alpha value is -2.32. The first kappa shape index (κ1) is 16.1. The molecule has 0 aliphatic carbocycles. The Morgan fingerprint density at radius 1 is 1.09 bits per heavy atom. The summed E-state index contributed by atoms with van der Waals surface area (Å²) >= 11 is 0. The molecule has 0 N–H and O–H groups in total. The van der Waals surface area contributed by atoms with E-state index in [1.54, 1.807) is 0 Å². The average Bonchev–Trinajstić information content (AvgIpc) is 2.32. The number of cyclic esters (lactones) is 2. The lowest BCUT2D eigenvalue weighted by Gasteiger charge is -2.30. The maximum absolute atomic E-state index is 13.7. The highest BCUT2D eigenvalue weighted by molar-refractivity contribution is 6.74.